The van der Waals surface area contributed by atoms with E-state index in [2.05, 4.69) is 5.32 Å². The van der Waals surface area contributed by atoms with Crippen LogP contribution in [-0.4, -0.2) is 59.5 Å². The summed E-state index contributed by atoms with van der Waals surface area (Å²) in [6.45, 7) is 5.31. The zero-order valence-electron chi connectivity index (χ0n) is 17.7. The van der Waals surface area contributed by atoms with Gasteiger partial charge < -0.3 is 25.2 Å². The Bertz CT molecular complexity index is 918. The van der Waals surface area contributed by atoms with Gasteiger partial charge in [0.25, 0.3) is 5.91 Å². The molecule has 0 atom stereocenters. The van der Waals surface area contributed by atoms with Crippen LogP contribution in [-0.2, 0) is 4.74 Å². The van der Waals surface area contributed by atoms with Gasteiger partial charge >= 0.3 is 0 Å². The summed E-state index contributed by atoms with van der Waals surface area (Å²) in [5, 5.41) is 21.4. The molecule has 0 unspecified atom stereocenters. The molecule has 3 N–H and O–H groups in total. The van der Waals surface area contributed by atoms with Crippen molar-refractivity contribution in [2.75, 3.05) is 38.2 Å². The van der Waals surface area contributed by atoms with E-state index in [-0.39, 0.29) is 44.2 Å². The molecule has 1 heterocycles. The van der Waals surface area contributed by atoms with Crippen LogP contribution in [0.15, 0.2) is 30.3 Å². The maximum Gasteiger partial charge on any atom is 0.256 e. The predicted molar refractivity (Wildman–Crippen MR) is 111 cm³/mol. The minimum absolute atomic E-state index is 0.0512. The standard InChI is InChI=1S/C20H21F3N2O4.C2H6/c1-12-2-5-16(15(22)8-12)24-18-13(3-4-14(21)17(18)23)19(27)25-9-20(28,10-25)11-29-7-6-26;1-2/h2-5,8,24,26,28H,6-7,9-11H2,1H3;1-2H3. The molecule has 6 nitrogen and oxygen atoms in total. The van der Waals surface area contributed by atoms with Crippen LogP contribution < -0.4 is 5.32 Å². The fourth-order valence-corrected chi connectivity index (χ4v) is 3.10. The molecule has 1 saturated heterocycles. The van der Waals surface area contributed by atoms with E-state index in [1.807, 2.05) is 13.8 Å². The number of carbonyl (C=O) groups is 1. The van der Waals surface area contributed by atoms with Crippen LogP contribution in [0.5, 0.6) is 0 Å². The molecule has 2 aromatic rings. The molecule has 0 spiro atoms. The normalized spacial score (nSPS) is 14.4. The van der Waals surface area contributed by atoms with E-state index in [0.29, 0.717) is 5.56 Å². The first-order valence-electron chi connectivity index (χ1n) is 9.95. The van der Waals surface area contributed by atoms with Crippen LogP contribution >= 0.6 is 0 Å². The lowest BCUT2D eigenvalue weighted by atomic mass is 9.94. The van der Waals surface area contributed by atoms with E-state index in [9.17, 15) is 23.1 Å². The van der Waals surface area contributed by atoms with Gasteiger partial charge in [0.05, 0.1) is 49.8 Å². The number of aliphatic hydroxyl groups excluding tert-OH is 1. The number of anilines is 2. The van der Waals surface area contributed by atoms with E-state index in [0.717, 1.165) is 12.1 Å². The number of rotatable bonds is 7. The van der Waals surface area contributed by atoms with Crippen molar-refractivity contribution in [3.8, 4) is 0 Å². The molecule has 3 rings (SSSR count). The first-order chi connectivity index (χ1) is 14.7. The smallest absolute Gasteiger partial charge is 0.256 e. The molecule has 0 aliphatic carbocycles. The summed E-state index contributed by atoms with van der Waals surface area (Å²) in [6, 6.07) is 6.10. The SMILES string of the molecule is CC.Cc1ccc(Nc2c(C(=O)N3CC(O)(COCCO)C3)ccc(F)c2F)c(F)c1. The number of aryl methyl sites for hydroxylation is 1. The lowest BCUT2D eigenvalue weighted by molar-refractivity contribution is -0.127. The van der Waals surface area contributed by atoms with Gasteiger partial charge in [0, 0.05) is 0 Å². The van der Waals surface area contributed by atoms with Gasteiger partial charge in [0.15, 0.2) is 11.6 Å². The lowest BCUT2D eigenvalue weighted by Gasteiger charge is -2.46. The molecule has 2 aromatic carbocycles. The van der Waals surface area contributed by atoms with Gasteiger partial charge in [-0.15, -0.1) is 0 Å². The highest BCUT2D eigenvalue weighted by atomic mass is 19.2. The van der Waals surface area contributed by atoms with Gasteiger partial charge in [-0.1, -0.05) is 19.9 Å². The highest BCUT2D eigenvalue weighted by Crippen LogP contribution is 2.31. The van der Waals surface area contributed by atoms with Gasteiger partial charge in [0.1, 0.15) is 11.4 Å². The van der Waals surface area contributed by atoms with Crippen molar-refractivity contribution in [2.45, 2.75) is 26.4 Å². The first kappa shape index (κ1) is 24.6. The maximum absolute atomic E-state index is 14.4. The number of carbonyl (C=O) groups excluding carboxylic acids is 1. The molecule has 1 aliphatic rings. The average molecular weight is 440 g/mol. The second kappa shape index (κ2) is 10.6. The summed E-state index contributed by atoms with van der Waals surface area (Å²) in [7, 11) is 0. The number of aliphatic hydroxyl groups is 2. The molecule has 1 fully saturated rings. The van der Waals surface area contributed by atoms with E-state index < -0.39 is 34.6 Å². The number of amides is 1. The number of halogens is 3. The molecule has 1 aliphatic heterocycles. The van der Waals surface area contributed by atoms with Gasteiger partial charge in [-0.05, 0) is 36.8 Å². The number of likely N-dealkylation sites (tertiary alicyclic amines) is 1. The van der Waals surface area contributed by atoms with Crippen molar-refractivity contribution >= 4 is 17.3 Å². The highest BCUT2D eigenvalue weighted by molar-refractivity contribution is 6.01. The second-order valence-electron chi connectivity index (χ2n) is 7.05. The molecular weight excluding hydrogens is 413 g/mol. The van der Waals surface area contributed by atoms with Crippen LogP contribution in [0.2, 0.25) is 0 Å². The van der Waals surface area contributed by atoms with Crippen LogP contribution in [0.25, 0.3) is 0 Å². The number of ether oxygens (including phenoxy) is 1. The first-order valence-corrected chi connectivity index (χ1v) is 9.95. The number of benzene rings is 2. The molecular formula is C22H27F3N2O4. The van der Waals surface area contributed by atoms with Gasteiger partial charge in [-0.25, -0.2) is 13.2 Å². The Morgan fingerprint density at radius 3 is 2.45 bits per heavy atom. The zero-order chi connectivity index (χ0) is 23.2. The molecule has 31 heavy (non-hydrogen) atoms. The lowest BCUT2D eigenvalue weighted by Crippen LogP contribution is -2.65. The van der Waals surface area contributed by atoms with Crippen LogP contribution in [0, 0.1) is 24.4 Å². The van der Waals surface area contributed by atoms with Crippen LogP contribution in [0.1, 0.15) is 29.8 Å². The number of nitrogens with one attached hydrogen (secondary N) is 1. The fourth-order valence-electron chi connectivity index (χ4n) is 3.10. The number of β-amino-alcohol motifs (C(OH)–C–C–N with tert-alkyl or cyclic N) is 1. The topological polar surface area (TPSA) is 82.0 Å². The van der Waals surface area contributed by atoms with Crippen LogP contribution in [0.3, 0.4) is 0 Å². The van der Waals surface area contributed by atoms with E-state index >= 15 is 0 Å². The summed E-state index contributed by atoms with van der Waals surface area (Å²) in [4.78, 5) is 14.0. The third kappa shape index (κ3) is 5.75. The molecule has 0 saturated carbocycles. The Hall–Kier alpha value is -2.62. The zero-order valence-corrected chi connectivity index (χ0v) is 17.7. The summed E-state index contributed by atoms with van der Waals surface area (Å²) >= 11 is 0. The fraction of sp³-hybridized carbons (Fsp3) is 0.409. The molecule has 1 amide bonds. The molecule has 170 valence electrons. The Morgan fingerprint density at radius 1 is 1.16 bits per heavy atom. The Morgan fingerprint density at radius 2 is 1.84 bits per heavy atom. The highest BCUT2D eigenvalue weighted by Gasteiger charge is 2.44. The van der Waals surface area contributed by atoms with Crippen molar-refractivity contribution < 1.29 is 32.9 Å². The summed E-state index contributed by atoms with van der Waals surface area (Å²) in [5.41, 5.74) is -1.41. The van der Waals surface area contributed by atoms with Crippen molar-refractivity contribution in [1.82, 2.24) is 4.90 Å². The van der Waals surface area contributed by atoms with E-state index in [1.54, 1.807) is 13.0 Å². The summed E-state index contributed by atoms with van der Waals surface area (Å²) in [6.07, 6.45) is 0. The molecule has 9 heteroatoms. The second-order valence-corrected chi connectivity index (χ2v) is 7.05. The van der Waals surface area contributed by atoms with Crippen LogP contribution in [0.4, 0.5) is 24.5 Å². The van der Waals surface area contributed by atoms with Crippen molar-refractivity contribution in [3.05, 3.63) is 58.9 Å². The average Bonchev–Trinajstić information content (AvgIpc) is 2.72. The van der Waals surface area contributed by atoms with E-state index in [4.69, 9.17) is 9.84 Å². The quantitative estimate of drug-likeness (QED) is 0.575. The molecule has 0 aromatic heterocycles. The largest absolute Gasteiger partial charge is 0.394 e. The summed E-state index contributed by atoms with van der Waals surface area (Å²) < 4.78 is 47.4. The number of nitrogens with zero attached hydrogens (tertiary/aromatic N) is 1. The number of hydrogen-bond donors (Lipinski definition) is 3. The Kier molecular flexibility index (Phi) is 8.43. The molecule has 0 radical (unpaired) electrons. The maximum atomic E-state index is 14.4. The monoisotopic (exact) mass is 440 g/mol. The number of hydrogen-bond acceptors (Lipinski definition) is 5. The van der Waals surface area contributed by atoms with Gasteiger partial charge in [-0.2, -0.15) is 0 Å². The minimum atomic E-state index is -1.31. The third-order valence-electron chi connectivity index (χ3n) is 4.57. The van der Waals surface area contributed by atoms with E-state index in [1.165, 1.54) is 17.0 Å². The van der Waals surface area contributed by atoms with Crippen molar-refractivity contribution in [2.24, 2.45) is 0 Å². The Balaban J connectivity index is 0.00000166. The van der Waals surface area contributed by atoms with Crippen molar-refractivity contribution in [3.63, 3.8) is 0 Å². The summed E-state index contributed by atoms with van der Waals surface area (Å²) in [5.74, 6) is -3.82. The Labute approximate surface area is 179 Å². The molecule has 0 bridgehead atoms. The third-order valence-corrected chi connectivity index (χ3v) is 4.57. The predicted octanol–water partition coefficient (Wildman–Crippen LogP) is 3.38. The van der Waals surface area contributed by atoms with Gasteiger partial charge in [-0.3, -0.25) is 4.79 Å². The van der Waals surface area contributed by atoms with Crippen molar-refractivity contribution in [1.29, 1.82) is 0 Å². The minimum Gasteiger partial charge on any atom is -0.394 e. The van der Waals surface area contributed by atoms with Gasteiger partial charge in [0.2, 0.25) is 0 Å².